The lowest BCUT2D eigenvalue weighted by Gasteiger charge is -2.31. The molecule has 0 aromatic heterocycles. The molecule has 1 N–H and O–H groups in total. The van der Waals surface area contributed by atoms with Crippen LogP contribution in [-0.4, -0.2) is 13.2 Å². The fourth-order valence-electron chi connectivity index (χ4n) is 2.18. The molecule has 0 saturated heterocycles. The van der Waals surface area contributed by atoms with E-state index in [9.17, 15) is 0 Å². The maximum atomic E-state index is 5.70. The van der Waals surface area contributed by atoms with Crippen molar-refractivity contribution in [2.45, 2.75) is 60.1 Å². The van der Waals surface area contributed by atoms with Crippen molar-refractivity contribution in [3.05, 3.63) is 29.8 Å². The van der Waals surface area contributed by atoms with Crippen LogP contribution in [0.3, 0.4) is 0 Å². The summed E-state index contributed by atoms with van der Waals surface area (Å²) in [4.78, 5) is 0. The Morgan fingerprint density at radius 1 is 1.05 bits per heavy atom. The van der Waals surface area contributed by atoms with E-state index < -0.39 is 0 Å². The van der Waals surface area contributed by atoms with Gasteiger partial charge >= 0.3 is 0 Å². The van der Waals surface area contributed by atoms with Crippen molar-refractivity contribution < 1.29 is 4.74 Å². The van der Waals surface area contributed by atoms with Gasteiger partial charge in [0.1, 0.15) is 5.75 Å². The fraction of sp³-hybridized carbons (Fsp3) is 0.667. The predicted octanol–water partition coefficient (Wildman–Crippen LogP) is 4.81. The van der Waals surface area contributed by atoms with Crippen LogP contribution in [-0.2, 0) is 0 Å². The second-order valence-electron chi connectivity index (χ2n) is 7.08. The average molecular weight is 277 g/mol. The fourth-order valence-corrected chi connectivity index (χ4v) is 2.18. The molecule has 0 heterocycles. The van der Waals surface area contributed by atoms with Crippen LogP contribution in [0.4, 0.5) is 0 Å². The molecule has 1 aromatic carbocycles. The maximum Gasteiger partial charge on any atom is 0.119 e. The van der Waals surface area contributed by atoms with Crippen molar-refractivity contribution in [2.75, 3.05) is 7.05 Å². The highest BCUT2D eigenvalue weighted by Gasteiger charge is 2.23. The molecule has 2 unspecified atom stereocenters. The topological polar surface area (TPSA) is 21.3 Å². The van der Waals surface area contributed by atoms with Gasteiger partial charge in [0.25, 0.3) is 0 Å². The summed E-state index contributed by atoms with van der Waals surface area (Å²) in [5.74, 6) is 1.61. The molecule has 0 amide bonds. The summed E-state index contributed by atoms with van der Waals surface area (Å²) in [6, 6.07) is 8.89. The first-order valence-corrected chi connectivity index (χ1v) is 7.68. The van der Waals surface area contributed by atoms with Gasteiger partial charge in [0, 0.05) is 6.04 Å². The SMILES string of the molecule is CNC(CC(C)C(C)(C)C)c1ccc(OC(C)C)cc1. The number of hydrogen-bond donors (Lipinski definition) is 1. The number of ether oxygens (including phenoxy) is 1. The van der Waals surface area contributed by atoms with Gasteiger partial charge in [-0.05, 0) is 56.3 Å². The maximum absolute atomic E-state index is 5.70. The summed E-state index contributed by atoms with van der Waals surface area (Å²) in [5.41, 5.74) is 1.68. The summed E-state index contributed by atoms with van der Waals surface area (Å²) in [5, 5.41) is 3.44. The van der Waals surface area contributed by atoms with Crippen LogP contribution in [0.25, 0.3) is 0 Å². The van der Waals surface area contributed by atoms with Crippen molar-refractivity contribution in [1.82, 2.24) is 5.32 Å². The molecule has 114 valence electrons. The molecule has 0 saturated carbocycles. The minimum Gasteiger partial charge on any atom is -0.491 e. The molecule has 0 aliphatic heterocycles. The van der Waals surface area contributed by atoms with Crippen LogP contribution in [0.15, 0.2) is 24.3 Å². The third-order valence-corrected chi connectivity index (χ3v) is 4.07. The Hall–Kier alpha value is -1.02. The van der Waals surface area contributed by atoms with Gasteiger partial charge in [-0.2, -0.15) is 0 Å². The summed E-state index contributed by atoms with van der Waals surface area (Å²) in [6.07, 6.45) is 1.37. The van der Waals surface area contributed by atoms with Gasteiger partial charge in [0.05, 0.1) is 6.10 Å². The molecule has 20 heavy (non-hydrogen) atoms. The standard InChI is InChI=1S/C18H31NO/c1-13(2)20-16-10-8-15(9-11-16)17(19-7)12-14(3)18(4,5)6/h8-11,13-14,17,19H,12H2,1-7H3. The first-order chi connectivity index (χ1) is 9.24. The van der Waals surface area contributed by atoms with Crippen molar-refractivity contribution in [2.24, 2.45) is 11.3 Å². The van der Waals surface area contributed by atoms with Gasteiger partial charge in [-0.15, -0.1) is 0 Å². The summed E-state index contributed by atoms with van der Waals surface area (Å²) in [7, 11) is 2.04. The van der Waals surface area contributed by atoms with Crippen molar-refractivity contribution in [1.29, 1.82) is 0 Å². The molecule has 0 spiro atoms. The molecule has 0 radical (unpaired) electrons. The van der Waals surface area contributed by atoms with Gasteiger partial charge in [0.2, 0.25) is 0 Å². The zero-order chi connectivity index (χ0) is 15.3. The quantitative estimate of drug-likeness (QED) is 0.806. The third-order valence-electron chi connectivity index (χ3n) is 4.07. The Labute approximate surface area is 124 Å². The van der Waals surface area contributed by atoms with E-state index >= 15 is 0 Å². The van der Waals surface area contributed by atoms with E-state index in [2.05, 4.69) is 71.1 Å². The van der Waals surface area contributed by atoms with Crippen LogP contribution in [0, 0.1) is 11.3 Å². The van der Waals surface area contributed by atoms with Gasteiger partial charge in [0.15, 0.2) is 0 Å². The van der Waals surface area contributed by atoms with Crippen LogP contribution >= 0.6 is 0 Å². The highest BCUT2D eigenvalue weighted by atomic mass is 16.5. The summed E-state index contributed by atoms with van der Waals surface area (Å²) in [6.45, 7) is 13.4. The second kappa shape index (κ2) is 7.12. The first kappa shape index (κ1) is 17.0. The van der Waals surface area contributed by atoms with Crippen molar-refractivity contribution in [3.63, 3.8) is 0 Å². The largest absolute Gasteiger partial charge is 0.491 e. The molecule has 0 aliphatic carbocycles. The Bertz CT molecular complexity index is 389. The molecular weight excluding hydrogens is 246 g/mol. The molecule has 2 atom stereocenters. The number of rotatable bonds is 6. The van der Waals surface area contributed by atoms with Gasteiger partial charge in [-0.25, -0.2) is 0 Å². The zero-order valence-electron chi connectivity index (χ0n) is 14.2. The molecule has 1 aromatic rings. The molecule has 0 fully saturated rings. The van der Waals surface area contributed by atoms with E-state index in [1.54, 1.807) is 0 Å². The van der Waals surface area contributed by atoms with Crippen molar-refractivity contribution >= 4 is 0 Å². The zero-order valence-corrected chi connectivity index (χ0v) is 14.2. The van der Waals surface area contributed by atoms with E-state index in [0.29, 0.717) is 17.4 Å². The molecule has 1 rings (SSSR count). The van der Waals surface area contributed by atoms with Crippen molar-refractivity contribution in [3.8, 4) is 5.75 Å². The summed E-state index contributed by atoms with van der Waals surface area (Å²) < 4.78 is 5.70. The molecule has 0 bridgehead atoms. The number of nitrogens with one attached hydrogen (secondary N) is 1. The molecule has 2 heteroatoms. The molecular formula is C18H31NO. The van der Waals surface area contributed by atoms with E-state index in [4.69, 9.17) is 4.74 Å². The van der Waals surface area contributed by atoms with Gasteiger partial charge in [-0.1, -0.05) is 39.8 Å². The second-order valence-corrected chi connectivity index (χ2v) is 7.08. The molecule has 0 aliphatic rings. The predicted molar refractivity (Wildman–Crippen MR) is 87.2 cm³/mol. The summed E-state index contributed by atoms with van der Waals surface area (Å²) >= 11 is 0. The van der Waals surface area contributed by atoms with Crippen LogP contribution in [0.2, 0.25) is 0 Å². The minimum atomic E-state index is 0.224. The van der Waals surface area contributed by atoms with E-state index in [-0.39, 0.29) is 6.10 Å². The third kappa shape index (κ3) is 5.16. The van der Waals surface area contributed by atoms with Gasteiger partial charge < -0.3 is 10.1 Å². The van der Waals surface area contributed by atoms with Crippen LogP contribution < -0.4 is 10.1 Å². The lowest BCUT2D eigenvalue weighted by atomic mass is 9.77. The highest BCUT2D eigenvalue weighted by Crippen LogP contribution is 2.33. The highest BCUT2D eigenvalue weighted by molar-refractivity contribution is 5.29. The Morgan fingerprint density at radius 2 is 1.60 bits per heavy atom. The van der Waals surface area contributed by atoms with E-state index in [0.717, 1.165) is 12.2 Å². The minimum absolute atomic E-state index is 0.224. The Kier molecular flexibility index (Phi) is 6.07. The molecule has 2 nitrogen and oxygen atoms in total. The van der Waals surface area contributed by atoms with E-state index in [1.165, 1.54) is 5.56 Å². The number of hydrogen-bond acceptors (Lipinski definition) is 2. The number of benzene rings is 1. The first-order valence-electron chi connectivity index (χ1n) is 7.68. The van der Waals surface area contributed by atoms with Crippen LogP contribution in [0.5, 0.6) is 5.75 Å². The average Bonchev–Trinajstić information content (AvgIpc) is 2.35. The smallest absolute Gasteiger partial charge is 0.119 e. The normalized spacial score (nSPS) is 15.2. The van der Waals surface area contributed by atoms with Gasteiger partial charge in [-0.3, -0.25) is 0 Å². The Balaban J connectivity index is 2.75. The monoisotopic (exact) mass is 277 g/mol. The van der Waals surface area contributed by atoms with E-state index in [1.807, 2.05) is 7.05 Å². The lowest BCUT2D eigenvalue weighted by molar-refractivity contribution is 0.225. The lowest BCUT2D eigenvalue weighted by Crippen LogP contribution is -2.25. The Morgan fingerprint density at radius 3 is 2.00 bits per heavy atom. The van der Waals surface area contributed by atoms with Crippen LogP contribution in [0.1, 0.15) is 59.6 Å².